The fraction of sp³-hybridized carbons (Fsp3) is 0.714. The molecule has 0 amide bonds. The second kappa shape index (κ2) is 5.98. The smallest absolute Gasteiger partial charge is 0.0417 e. The van der Waals surface area contributed by atoms with Crippen molar-refractivity contribution < 1.29 is 0 Å². The highest BCUT2D eigenvalue weighted by molar-refractivity contribution is 7.10. The largest absolute Gasteiger partial charge is 0.311 e. The zero-order chi connectivity index (χ0) is 12.3. The minimum atomic E-state index is 0.566. The summed E-state index contributed by atoms with van der Waals surface area (Å²) in [5.41, 5.74) is 0. The lowest BCUT2D eigenvalue weighted by atomic mass is 10.0. The summed E-state index contributed by atoms with van der Waals surface area (Å²) in [6, 6.07) is 6.35. The molecule has 2 nitrogen and oxygen atoms in total. The van der Waals surface area contributed by atoms with E-state index >= 15 is 0 Å². The lowest BCUT2D eigenvalue weighted by Gasteiger charge is -2.43. The van der Waals surface area contributed by atoms with Crippen LogP contribution >= 0.6 is 11.3 Å². The molecule has 1 N–H and O–H groups in total. The Morgan fingerprint density at radius 2 is 2.29 bits per heavy atom. The Hall–Kier alpha value is -0.380. The van der Waals surface area contributed by atoms with E-state index in [9.17, 15) is 0 Å². The van der Waals surface area contributed by atoms with Crippen molar-refractivity contribution in [2.75, 3.05) is 13.1 Å². The van der Waals surface area contributed by atoms with Gasteiger partial charge in [-0.2, -0.15) is 0 Å². The van der Waals surface area contributed by atoms with Crippen molar-refractivity contribution >= 4 is 11.3 Å². The molecule has 0 bridgehead atoms. The quantitative estimate of drug-likeness (QED) is 0.885. The number of hydrogen-bond donors (Lipinski definition) is 1. The number of rotatable bonds is 4. The van der Waals surface area contributed by atoms with Gasteiger partial charge in [-0.1, -0.05) is 19.9 Å². The Balaban J connectivity index is 2.09. The van der Waals surface area contributed by atoms with Gasteiger partial charge in [-0.05, 0) is 31.2 Å². The molecule has 1 aliphatic heterocycles. The van der Waals surface area contributed by atoms with E-state index in [0.717, 1.165) is 6.54 Å². The first-order valence-electron chi connectivity index (χ1n) is 6.78. The molecular formula is C14H24N2S. The third-order valence-electron chi connectivity index (χ3n) is 3.96. The van der Waals surface area contributed by atoms with E-state index in [-0.39, 0.29) is 0 Å². The molecule has 1 fully saturated rings. The van der Waals surface area contributed by atoms with Gasteiger partial charge in [-0.3, -0.25) is 4.90 Å². The first-order chi connectivity index (χ1) is 8.26. The first kappa shape index (κ1) is 13.1. The molecule has 3 unspecified atom stereocenters. The summed E-state index contributed by atoms with van der Waals surface area (Å²) >= 11 is 1.88. The van der Waals surface area contributed by atoms with Crippen LogP contribution < -0.4 is 5.32 Å². The fourth-order valence-electron chi connectivity index (χ4n) is 2.71. The van der Waals surface area contributed by atoms with Crippen LogP contribution in [0.25, 0.3) is 0 Å². The molecule has 0 aromatic carbocycles. The summed E-state index contributed by atoms with van der Waals surface area (Å²) in [6.07, 6.45) is 2.46. The van der Waals surface area contributed by atoms with Crippen LogP contribution in [0.1, 0.15) is 44.5 Å². The lowest BCUT2D eigenvalue weighted by molar-refractivity contribution is 0.0865. The first-order valence-corrected chi connectivity index (χ1v) is 7.66. The maximum atomic E-state index is 3.66. The van der Waals surface area contributed by atoms with Crippen molar-refractivity contribution in [2.45, 2.75) is 51.7 Å². The molecule has 0 saturated carbocycles. The Morgan fingerprint density at radius 1 is 1.47 bits per heavy atom. The fourth-order valence-corrected chi connectivity index (χ4v) is 3.51. The topological polar surface area (TPSA) is 15.3 Å². The van der Waals surface area contributed by atoms with Crippen LogP contribution in [-0.2, 0) is 0 Å². The van der Waals surface area contributed by atoms with Crippen molar-refractivity contribution in [1.82, 2.24) is 10.2 Å². The van der Waals surface area contributed by atoms with E-state index in [4.69, 9.17) is 0 Å². The second-order valence-corrected chi connectivity index (χ2v) is 5.94. The Labute approximate surface area is 109 Å². The highest BCUT2D eigenvalue weighted by atomic mass is 32.1. The van der Waals surface area contributed by atoms with Crippen molar-refractivity contribution in [3.8, 4) is 0 Å². The monoisotopic (exact) mass is 252 g/mol. The van der Waals surface area contributed by atoms with E-state index in [1.54, 1.807) is 0 Å². The number of piperazine rings is 1. The maximum Gasteiger partial charge on any atom is 0.0417 e. The van der Waals surface area contributed by atoms with Gasteiger partial charge in [-0.25, -0.2) is 0 Å². The Kier molecular flexibility index (Phi) is 4.60. The molecule has 2 rings (SSSR count). The number of nitrogens with zero attached hydrogens (tertiary/aromatic N) is 1. The molecule has 3 atom stereocenters. The highest BCUT2D eigenvalue weighted by Crippen LogP contribution is 2.28. The minimum Gasteiger partial charge on any atom is -0.311 e. The summed E-state index contributed by atoms with van der Waals surface area (Å²) in [4.78, 5) is 4.19. The van der Waals surface area contributed by atoms with Gasteiger partial charge < -0.3 is 5.32 Å². The van der Waals surface area contributed by atoms with Crippen LogP contribution in [0.5, 0.6) is 0 Å². The minimum absolute atomic E-state index is 0.566. The summed E-state index contributed by atoms with van der Waals surface area (Å²) in [6.45, 7) is 9.26. The molecule has 1 aliphatic rings. The van der Waals surface area contributed by atoms with Gasteiger partial charge >= 0.3 is 0 Å². The second-order valence-electron chi connectivity index (χ2n) is 4.96. The zero-order valence-electron chi connectivity index (χ0n) is 11.1. The van der Waals surface area contributed by atoms with Crippen molar-refractivity contribution in [1.29, 1.82) is 0 Å². The van der Waals surface area contributed by atoms with Crippen LogP contribution in [0, 0.1) is 0 Å². The van der Waals surface area contributed by atoms with E-state index in [2.05, 4.69) is 48.5 Å². The maximum absolute atomic E-state index is 3.66. The van der Waals surface area contributed by atoms with E-state index < -0.39 is 0 Å². The van der Waals surface area contributed by atoms with Gasteiger partial charge in [0.05, 0.1) is 0 Å². The molecule has 1 saturated heterocycles. The van der Waals surface area contributed by atoms with Gasteiger partial charge in [0, 0.05) is 36.1 Å². The molecule has 3 heteroatoms. The predicted molar refractivity (Wildman–Crippen MR) is 75.6 cm³/mol. The van der Waals surface area contributed by atoms with Gasteiger partial charge in [0.25, 0.3) is 0 Å². The molecule has 0 spiro atoms. The number of thiophene rings is 1. The molecule has 0 radical (unpaired) electrons. The normalized spacial score (nSPS) is 28.2. The molecule has 96 valence electrons. The molecule has 1 aromatic rings. The number of nitrogens with one attached hydrogen (secondary N) is 1. The molecular weight excluding hydrogens is 228 g/mol. The Morgan fingerprint density at radius 3 is 2.88 bits per heavy atom. The third kappa shape index (κ3) is 2.90. The van der Waals surface area contributed by atoms with E-state index in [1.165, 1.54) is 24.3 Å². The van der Waals surface area contributed by atoms with Gasteiger partial charge in [0.1, 0.15) is 0 Å². The molecule has 2 heterocycles. The van der Waals surface area contributed by atoms with E-state index in [1.807, 2.05) is 11.3 Å². The molecule has 1 aromatic heterocycles. The van der Waals surface area contributed by atoms with Gasteiger partial charge in [0.15, 0.2) is 0 Å². The summed E-state index contributed by atoms with van der Waals surface area (Å²) in [7, 11) is 0. The van der Waals surface area contributed by atoms with Gasteiger partial charge in [-0.15, -0.1) is 11.3 Å². The standard InChI is InChI=1S/C14H24N2S/c1-4-12-10-16(13(5-2)9-15-12)11(3)14-7-6-8-17-14/h6-8,11-13,15H,4-5,9-10H2,1-3H3. The van der Waals surface area contributed by atoms with Crippen LogP contribution in [0.4, 0.5) is 0 Å². The van der Waals surface area contributed by atoms with Crippen molar-refractivity contribution in [3.05, 3.63) is 22.4 Å². The van der Waals surface area contributed by atoms with Gasteiger partial charge in [0.2, 0.25) is 0 Å². The van der Waals surface area contributed by atoms with Crippen LogP contribution in [0.15, 0.2) is 17.5 Å². The zero-order valence-corrected chi connectivity index (χ0v) is 12.0. The van der Waals surface area contributed by atoms with Crippen LogP contribution in [-0.4, -0.2) is 30.1 Å². The summed E-state index contributed by atoms with van der Waals surface area (Å²) < 4.78 is 0. The van der Waals surface area contributed by atoms with Crippen molar-refractivity contribution in [3.63, 3.8) is 0 Å². The predicted octanol–water partition coefficient (Wildman–Crippen LogP) is 3.27. The van der Waals surface area contributed by atoms with E-state index in [0.29, 0.717) is 18.1 Å². The van der Waals surface area contributed by atoms with Crippen LogP contribution in [0.3, 0.4) is 0 Å². The van der Waals surface area contributed by atoms with Crippen LogP contribution in [0.2, 0.25) is 0 Å². The highest BCUT2D eigenvalue weighted by Gasteiger charge is 2.30. The Bertz CT molecular complexity index is 323. The molecule has 17 heavy (non-hydrogen) atoms. The summed E-state index contributed by atoms with van der Waals surface area (Å²) in [5, 5.41) is 5.85. The summed E-state index contributed by atoms with van der Waals surface area (Å²) in [5.74, 6) is 0. The molecule has 0 aliphatic carbocycles. The lowest BCUT2D eigenvalue weighted by Crippen LogP contribution is -2.56. The van der Waals surface area contributed by atoms with Crippen molar-refractivity contribution in [2.24, 2.45) is 0 Å². The average molecular weight is 252 g/mol. The number of hydrogen-bond acceptors (Lipinski definition) is 3. The third-order valence-corrected chi connectivity index (χ3v) is 5.00. The average Bonchev–Trinajstić information content (AvgIpc) is 2.91. The SMILES string of the molecule is CCC1CN(C(C)c2cccs2)C(CC)CN1.